The summed E-state index contributed by atoms with van der Waals surface area (Å²) in [6, 6.07) is 7.15. The first-order valence-electron chi connectivity index (χ1n) is 7.46. The second-order valence-electron chi connectivity index (χ2n) is 6.83. The van der Waals surface area contributed by atoms with Gasteiger partial charge in [-0.05, 0) is 39.7 Å². The zero-order chi connectivity index (χ0) is 16.5. The van der Waals surface area contributed by atoms with Gasteiger partial charge in [0.2, 0.25) is 0 Å². The summed E-state index contributed by atoms with van der Waals surface area (Å²) in [6.45, 7) is 7.69. The smallest absolute Gasteiger partial charge is 0.411 e. The van der Waals surface area contributed by atoms with Crippen molar-refractivity contribution in [2.45, 2.75) is 51.7 Å². The van der Waals surface area contributed by atoms with E-state index in [9.17, 15) is 14.7 Å². The van der Waals surface area contributed by atoms with Crippen molar-refractivity contribution in [2.75, 3.05) is 6.54 Å². The van der Waals surface area contributed by atoms with E-state index in [2.05, 4.69) is 0 Å². The van der Waals surface area contributed by atoms with Gasteiger partial charge in [0.15, 0.2) is 0 Å². The summed E-state index contributed by atoms with van der Waals surface area (Å²) in [7, 11) is 0. The molecule has 0 saturated carbocycles. The van der Waals surface area contributed by atoms with Crippen LogP contribution >= 0.6 is 0 Å². The Bertz CT molecular complexity index is 576. The van der Waals surface area contributed by atoms with Gasteiger partial charge in [0.05, 0.1) is 0 Å². The van der Waals surface area contributed by atoms with Gasteiger partial charge in [-0.2, -0.15) is 0 Å². The normalized spacial score (nSPS) is 21.7. The lowest BCUT2D eigenvalue weighted by Crippen LogP contribution is -2.43. The number of likely N-dealkylation sites (tertiary alicyclic amines) is 1. The van der Waals surface area contributed by atoms with Gasteiger partial charge in [0.1, 0.15) is 11.6 Å². The first-order valence-corrected chi connectivity index (χ1v) is 7.46. The van der Waals surface area contributed by atoms with Gasteiger partial charge in [-0.1, -0.05) is 29.8 Å². The van der Waals surface area contributed by atoms with Crippen LogP contribution in [0.2, 0.25) is 0 Å². The van der Waals surface area contributed by atoms with E-state index in [1.54, 1.807) is 20.8 Å². The minimum atomic E-state index is -0.985. The van der Waals surface area contributed by atoms with Crippen molar-refractivity contribution in [1.29, 1.82) is 0 Å². The molecule has 0 radical (unpaired) electrons. The number of aliphatic carboxylic acids is 1. The molecular weight excluding hydrogens is 282 g/mol. The maximum atomic E-state index is 12.3. The van der Waals surface area contributed by atoms with Crippen LogP contribution in [0.5, 0.6) is 0 Å². The van der Waals surface area contributed by atoms with Gasteiger partial charge in [0, 0.05) is 12.5 Å². The fourth-order valence-electron chi connectivity index (χ4n) is 2.76. The standard InChI is InChI=1S/C17H23NO4/c1-11-6-5-7-12(8-11)13-9-14(15(19)20)18(10-13)16(21)22-17(2,3)4/h5-8,13-14H,9-10H2,1-4H3,(H,19,20)/t13-,14-/m1/s1. The van der Waals surface area contributed by atoms with E-state index in [0.29, 0.717) is 13.0 Å². The fraction of sp³-hybridized carbons (Fsp3) is 0.529. The number of amides is 1. The van der Waals surface area contributed by atoms with Crippen LogP contribution in [-0.2, 0) is 9.53 Å². The Morgan fingerprint density at radius 1 is 1.32 bits per heavy atom. The van der Waals surface area contributed by atoms with E-state index in [1.807, 2.05) is 31.2 Å². The maximum absolute atomic E-state index is 12.3. The van der Waals surface area contributed by atoms with Gasteiger partial charge in [-0.3, -0.25) is 4.90 Å². The van der Waals surface area contributed by atoms with Gasteiger partial charge < -0.3 is 9.84 Å². The molecule has 0 aromatic heterocycles. The second kappa shape index (κ2) is 5.99. The molecule has 1 saturated heterocycles. The number of carbonyl (C=O) groups excluding carboxylic acids is 1. The number of hydrogen-bond acceptors (Lipinski definition) is 3. The van der Waals surface area contributed by atoms with Crippen molar-refractivity contribution >= 4 is 12.1 Å². The monoisotopic (exact) mass is 305 g/mol. The zero-order valence-electron chi connectivity index (χ0n) is 13.5. The SMILES string of the molecule is Cc1cccc([C@@H]2C[C@H](C(=O)O)N(C(=O)OC(C)(C)C)C2)c1. The van der Waals surface area contributed by atoms with E-state index in [0.717, 1.165) is 11.1 Å². The summed E-state index contributed by atoms with van der Waals surface area (Å²) in [4.78, 5) is 25.1. The third-order valence-corrected chi connectivity index (χ3v) is 3.73. The lowest BCUT2D eigenvalue weighted by Gasteiger charge is -2.26. The molecule has 1 heterocycles. The molecule has 1 aliphatic rings. The number of nitrogens with zero attached hydrogens (tertiary/aromatic N) is 1. The van der Waals surface area contributed by atoms with Crippen molar-refractivity contribution in [1.82, 2.24) is 4.90 Å². The number of carbonyl (C=O) groups is 2. The van der Waals surface area contributed by atoms with Crippen LogP contribution in [0.1, 0.15) is 44.2 Å². The minimum absolute atomic E-state index is 0.0218. The van der Waals surface area contributed by atoms with Crippen molar-refractivity contribution in [3.8, 4) is 0 Å². The number of carboxylic acids is 1. The number of hydrogen-bond donors (Lipinski definition) is 1. The molecule has 1 amide bonds. The Labute approximate surface area is 130 Å². The molecule has 0 bridgehead atoms. The molecule has 120 valence electrons. The summed E-state index contributed by atoms with van der Waals surface area (Å²) in [5.41, 5.74) is 1.55. The molecule has 1 aromatic rings. The molecule has 5 nitrogen and oxygen atoms in total. The topological polar surface area (TPSA) is 66.8 Å². The lowest BCUT2D eigenvalue weighted by molar-refractivity contribution is -0.142. The predicted octanol–water partition coefficient (Wildman–Crippen LogP) is 3.17. The largest absolute Gasteiger partial charge is 0.480 e. The maximum Gasteiger partial charge on any atom is 0.411 e. The predicted molar refractivity (Wildman–Crippen MR) is 82.9 cm³/mol. The summed E-state index contributed by atoms with van der Waals surface area (Å²) in [5.74, 6) is -0.963. The summed E-state index contributed by atoms with van der Waals surface area (Å²) < 4.78 is 5.33. The first kappa shape index (κ1) is 16.3. The molecule has 5 heteroatoms. The molecule has 0 spiro atoms. The van der Waals surface area contributed by atoms with Crippen LogP contribution in [0.4, 0.5) is 4.79 Å². The van der Waals surface area contributed by atoms with E-state index < -0.39 is 23.7 Å². The third kappa shape index (κ3) is 3.78. The van der Waals surface area contributed by atoms with Crippen LogP contribution < -0.4 is 0 Å². The van der Waals surface area contributed by atoms with Crippen molar-refractivity contribution in [3.63, 3.8) is 0 Å². The molecule has 2 atom stereocenters. The van der Waals surface area contributed by atoms with E-state index >= 15 is 0 Å². The van der Waals surface area contributed by atoms with E-state index in [1.165, 1.54) is 4.90 Å². The average molecular weight is 305 g/mol. The Kier molecular flexibility index (Phi) is 4.44. The van der Waals surface area contributed by atoms with Crippen molar-refractivity contribution < 1.29 is 19.4 Å². The average Bonchev–Trinajstić information content (AvgIpc) is 2.82. The van der Waals surface area contributed by atoms with Gasteiger partial charge in [0.25, 0.3) is 0 Å². The Morgan fingerprint density at radius 3 is 2.55 bits per heavy atom. The lowest BCUT2D eigenvalue weighted by atomic mass is 9.95. The molecule has 1 fully saturated rings. The second-order valence-corrected chi connectivity index (χ2v) is 6.83. The molecular formula is C17H23NO4. The highest BCUT2D eigenvalue weighted by Crippen LogP contribution is 2.33. The van der Waals surface area contributed by atoms with Crippen LogP contribution in [0, 0.1) is 6.92 Å². The van der Waals surface area contributed by atoms with Gasteiger partial charge in [-0.15, -0.1) is 0 Å². The van der Waals surface area contributed by atoms with Crippen LogP contribution in [0.3, 0.4) is 0 Å². The highest BCUT2D eigenvalue weighted by molar-refractivity contribution is 5.81. The van der Waals surface area contributed by atoms with Gasteiger partial charge >= 0.3 is 12.1 Å². The number of benzene rings is 1. The summed E-state index contributed by atoms with van der Waals surface area (Å²) in [6.07, 6.45) is -0.145. The molecule has 0 aliphatic carbocycles. The zero-order valence-corrected chi connectivity index (χ0v) is 13.5. The van der Waals surface area contributed by atoms with Gasteiger partial charge in [-0.25, -0.2) is 9.59 Å². The Hall–Kier alpha value is -2.04. The molecule has 2 rings (SSSR count). The van der Waals surface area contributed by atoms with Crippen LogP contribution in [0.25, 0.3) is 0 Å². The van der Waals surface area contributed by atoms with Crippen LogP contribution in [0.15, 0.2) is 24.3 Å². The summed E-state index contributed by atoms with van der Waals surface area (Å²) in [5, 5.41) is 9.40. The third-order valence-electron chi connectivity index (χ3n) is 3.73. The highest BCUT2D eigenvalue weighted by Gasteiger charge is 2.41. The minimum Gasteiger partial charge on any atom is -0.480 e. The fourth-order valence-corrected chi connectivity index (χ4v) is 2.76. The molecule has 0 unspecified atom stereocenters. The molecule has 1 N–H and O–H groups in total. The number of carboxylic acid groups (broad SMARTS) is 1. The number of aryl methyl sites for hydroxylation is 1. The van der Waals surface area contributed by atoms with E-state index in [4.69, 9.17) is 4.74 Å². The molecule has 1 aliphatic heterocycles. The first-order chi connectivity index (χ1) is 10.2. The Balaban J connectivity index is 2.19. The van der Waals surface area contributed by atoms with Crippen molar-refractivity contribution in [2.24, 2.45) is 0 Å². The highest BCUT2D eigenvalue weighted by atomic mass is 16.6. The number of ether oxygens (including phenoxy) is 1. The quantitative estimate of drug-likeness (QED) is 0.911. The van der Waals surface area contributed by atoms with Crippen LogP contribution in [-0.4, -0.2) is 40.3 Å². The molecule has 22 heavy (non-hydrogen) atoms. The van der Waals surface area contributed by atoms with Crippen molar-refractivity contribution in [3.05, 3.63) is 35.4 Å². The molecule has 1 aromatic carbocycles. The Morgan fingerprint density at radius 2 is 2.00 bits per heavy atom. The summed E-state index contributed by atoms with van der Waals surface area (Å²) >= 11 is 0. The van der Waals surface area contributed by atoms with E-state index in [-0.39, 0.29) is 5.92 Å². The number of rotatable bonds is 2.